The number of rotatable bonds is 5. The summed E-state index contributed by atoms with van der Waals surface area (Å²) in [6.07, 6.45) is 0. The molecule has 8 heteroatoms. The highest BCUT2D eigenvalue weighted by molar-refractivity contribution is 5.94. The van der Waals surface area contributed by atoms with Crippen molar-refractivity contribution in [2.45, 2.75) is 13.8 Å². The molecule has 0 aliphatic carbocycles. The van der Waals surface area contributed by atoms with Crippen LogP contribution in [0.25, 0.3) is 11.3 Å². The number of H-pyrrole nitrogens is 1. The van der Waals surface area contributed by atoms with Crippen LogP contribution in [-0.4, -0.2) is 41.1 Å². The fourth-order valence-electron chi connectivity index (χ4n) is 1.83. The van der Waals surface area contributed by atoms with E-state index < -0.39 is 11.9 Å². The van der Waals surface area contributed by atoms with Crippen molar-refractivity contribution >= 4 is 11.9 Å². The molecular formula is C14H15N3O5. The first-order valence-corrected chi connectivity index (χ1v) is 6.51. The topological polar surface area (TPSA) is 103 Å². The van der Waals surface area contributed by atoms with E-state index in [1.807, 2.05) is 0 Å². The van der Waals surface area contributed by atoms with Gasteiger partial charge < -0.3 is 14.2 Å². The molecule has 0 radical (unpaired) electrons. The first-order valence-electron chi connectivity index (χ1n) is 6.51. The molecule has 1 heterocycles. The number of ether oxygens (including phenoxy) is 3. The lowest BCUT2D eigenvalue weighted by Gasteiger charge is -2.09. The minimum absolute atomic E-state index is 0.0733. The average Bonchev–Trinajstić information content (AvgIpc) is 2.97. The highest BCUT2D eigenvalue weighted by atomic mass is 16.6. The SMILES string of the molecule is CCOC(=O)c1n[nH]nc1-c1ccc(OC(C)=O)c(OC)c1. The van der Waals surface area contributed by atoms with E-state index in [9.17, 15) is 9.59 Å². The zero-order chi connectivity index (χ0) is 16.1. The van der Waals surface area contributed by atoms with Gasteiger partial charge in [0, 0.05) is 12.5 Å². The summed E-state index contributed by atoms with van der Waals surface area (Å²) < 4.78 is 15.1. The van der Waals surface area contributed by atoms with Gasteiger partial charge in [-0.3, -0.25) is 4.79 Å². The third-order valence-corrected chi connectivity index (χ3v) is 2.71. The minimum atomic E-state index is -0.575. The van der Waals surface area contributed by atoms with Gasteiger partial charge in [0.25, 0.3) is 0 Å². The highest BCUT2D eigenvalue weighted by Crippen LogP contribution is 2.32. The molecule has 0 aliphatic rings. The van der Waals surface area contributed by atoms with Gasteiger partial charge in [0.1, 0.15) is 5.69 Å². The van der Waals surface area contributed by atoms with Crippen LogP contribution in [-0.2, 0) is 9.53 Å². The van der Waals surface area contributed by atoms with Crippen LogP contribution in [0.2, 0.25) is 0 Å². The molecule has 1 aromatic carbocycles. The third kappa shape index (κ3) is 3.22. The van der Waals surface area contributed by atoms with E-state index in [1.165, 1.54) is 14.0 Å². The van der Waals surface area contributed by atoms with Gasteiger partial charge in [0.2, 0.25) is 0 Å². The van der Waals surface area contributed by atoms with Gasteiger partial charge >= 0.3 is 11.9 Å². The first-order chi connectivity index (χ1) is 10.6. The van der Waals surface area contributed by atoms with E-state index in [0.717, 1.165) is 0 Å². The lowest BCUT2D eigenvalue weighted by Crippen LogP contribution is -2.07. The van der Waals surface area contributed by atoms with E-state index in [2.05, 4.69) is 15.4 Å². The Labute approximate surface area is 126 Å². The number of methoxy groups -OCH3 is 1. The summed E-state index contributed by atoms with van der Waals surface area (Å²) in [6.45, 7) is 3.23. The van der Waals surface area contributed by atoms with Crippen molar-refractivity contribution in [3.8, 4) is 22.8 Å². The third-order valence-electron chi connectivity index (χ3n) is 2.71. The molecule has 2 rings (SSSR count). The number of benzene rings is 1. The smallest absolute Gasteiger partial charge is 0.361 e. The summed E-state index contributed by atoms with van der Waals surface area (Å²) in [5, 5.41) is 10.1. The molecule has 0 fully saturated rings. The molecule has 0 unspecified atom stereocenters. The fraction of sp³-hybridized carbons (Fsp3) is 0.286. The predicted octanol–water partition coefficient (Wildman–Crippen LogP) is 1.58. The molecule has 0 bridgehead atoms. The van der Waals surface area contributed by atoms with Crippen LogP contribution in [0.15, 0.2) is 18.2 Å². The Morgan fingerprint density at radius 1 is 1.23 bits per heavy atom. The minimum Gasteiger partial charge on any atom is -0.493 e. The average molecular weight is 305 g/mol. The van der Waals surface area contributed by atoms with E-state index in [-0.39, 0.29) is 18.1 Å². The molecule has 1 N–H and O–H groups in total. The molecule has 0 atom stereocenters. The van der Waals surface area contributed by atoms with Crippen LogP contribution in [0.1, 0.15) is 24.3 Å². The Morgan fingerprint density at radius 2 is 2.00 bits per heavy atom. The quantitative estimate of drug-likeness (QED) is 0.660. The molecule has 0 amide bonds. The molecule has 116 valence electrons. The number of carbonyl (C=O) groups is 2. The summed E-state index contributed by atoms with van der Waals surface area (Å²) in [4.78, 5) is 22.9. The lowest BCUT2D eigenvalue weighted by atomic mass is 10.1. The number of hydrogen-bond donors (Lipinski definition) is 1. The number of aromatic amines is 1. The maximum Gasteiger partial charge on any atom is 0.361 e. The number of nitrogens with zero attached hydrogens (tertiary/aromatic N) is 2. The number of carbonyl (C=O) groups excluding carboxylic acids is 2. The maximum atomic E-state index is 11.8. The van der Waals surface area contributed by atoms with Crippen molar-refractivity contribution in [3.05, 3.63) is 23.9 Å². The van der Waals surface area contributed by atoms with Gasteiger partial charge in [-0.2, -0.15) is 10.3 Å². The van der Waals surface area contributed by atoms with Crippen LogP contribution in [0.4, 0.5) is 0 Å². The Kier molecular flexibility index (Phi) is 4.72. The predicted molar refractivity (Wildman–Crippen MR) is 75.6 cm³/mol. The highest BCUT2D eigenvalue weighted by Gasteiger charge is 2.20. The lowest BCUT2D eigenvalue weighted by molar-refractivity contribution is -0.132. The number of esters is 2. The Bertz CT molecular complexity index is 696. The maximum absolute atomic E-state index is 11.8. The molecule has 0 spiro atoms. The van der Waals surface area contributed by atoms with E-state index in [0.29, 0.717) is 17.0 Å². The summed E-state index contributed by atoms with van der Waals surface area (Å²) >= 11 is 0. The molecule has 22 heavy (non-hydrogen) atoms. The van der Waals surface area contributed by atoms with Crippen LogP contribution >= 0.6 is 0 Å². The fourth-order valence-corrected chi connectivity index (χ4v) is 1.83. The van der Waals surface area contributed by atoms with Gasteiger partial charge in [0.15, 0.2) is 17.2 Å². The Balaban J connectivity index is 2.40. The largest absolute Gasteiger partial charge is 0.493 e. The first kappa shape index (κ1) is 15.5. The molecule has 0 saturated heterocycles. The Hall–Kier alpha value is -2.90. The van der Waals surface area contributed by atoms with Crippen molar-refractivity contribution < 1.29 is 23.8 Å². The van der Waals surface area contributed by atoms with Gasteiger partial charge in [-0.1, -0.05) is 0 Å². The molecule has 2 aromatic rings. The normalized spacial score (nSPS) is 10.1. The summed E-state index contributed by atoms with van der Waals surface area (Å²) in [7, 11) is 1.45. The Morgan fingerprint density at radius 3 is 2.64 bits per heavy atom. The molecular weight excluding hydrogens is 290 g/mol. The van der Waals surface area contributed by atoms with Crippen molar-refractivity contribution in [1.29, 1.82) is 0 Å². The van der Waals surface area contributed by atoms with E-state index in [1.54, 1.807) is 25.1 Å². The molecule has 0 aliphatic heterocycles. The summed E-state index contributed by atoms with van der Waals surface area (Å²) in [6, 6.07) is 4.79. The van der Waals surface area contributed by atoms with Crippen LogP contribution in [0.3, 0.4) is 0 Å². The van der Waals surface area contributed by atoms with Crippen molar-refractivity contribution in [2.75, 3.05) is 13.7 Å². The van der Waals surface area contributed by atoms with E-state index in [4.69, 9.17) is 14.2 Å². The zero-order valence-corrected chi connectivity index (χ0v) is 12.4. The number of aromatic nitrogens is 3. The van der Waals surface area contributed by atoms with Crippen LogP contribution in [0, 0.1) is 0 Å². The molecule has 8 nitrogen and oxygen atoms in total. The van der Waals surface area contributed by atoms with Crippen molar-refractivity contribution in [2.24, 2.45) is 0 Å². The van der Waals surface area contributed by atoms with Crippen LogP contribution < -0.4 is 9.47 Å². The van der Waals surface area contributed by atoms with Gasteiger partial charge in [0.05, 0.1) is 13.7 Å². The zero-order valence-electron chi connectivity index (χ0n) is 12.4. The number of nitrogens with one attached hydrogen (secondary N) is 1. The second kappa shape index (κ2) is 6.70. The molecule has 0 saturated carbocycles. The van der Waals surface area contributed by atoms with Gasteiger partial charge in [-0.15, -0.1) is 5.10 Å². The van der Waals surface area contributed by atoms with E-state index >= 15 is 0 Å². The van der Waals surface area contributed by atoms with Crippen molar-refractivity contribution in [1.82, 2.24) is 15.4 Å². The van der Waals surface area contributed by atoms with Gasteiger partial charge in [-0.25, -0.2) is 4.79 Å². The molecule has 1 aromatic heterocycles. The summed E-state index contributed by atoms with van der Waals surface area (Å²) in [5.74, 6) is -0.417. The standard InChI is InChI=1S/C14H15N3O5/c1-4-21-14(19)13-12(15-17-16-13)9-5-6-10(22-8(2)18)11(7-9)20-3/h5-7H,4H2,1-3H3,(H,15,16,17). The summed E-state index contributed by atoms with van der Waals surface area (Å²) in [5.41, 5.74) is 0.972. The van der Waals surface area contributed by atoms with Gasteiger partial charge in [-0.05, 0) is 25.1 Å². The number of hydrogen-bond acceptors (Lipinski definition) is 7. The second-order valence-corrected chi connectivity index (χ2v) is 4.20. The van der Waals surface area contributed by atoms with Crippen LogP contribution in [0.5, 0.6) is 11.5 Å². The van der Waals surface area contributed by atoms with Crippen molar-refractivity contribution in [3.63, 3.8) is 0 Å². The second-order valence-electron chi connectivity index (χ2n) is 4.20. The monoisotopic (exact) mass is 305 g/mol.